The highest BCUT2D eigenvalue weighted by atomic mass is 16.2. The molecule has 8 heteroatoms. The van der Waals surface area contributed by atoms with E-state index in [2.05, 4.69) is 66.0 Å². The first kappa shape index (κ1) is 23.1. The number of hydrogen-bond acceptors (Lipinski definition) is 7. The standard InChI is InChI=1S/C25H33N7O/c1-24(2,3)16-32-22-20(14-27-21(13-26)28-22)12-25(4)17-30(5)10-11-31(25)15-18-6-8-19(9-7-18)23(33)29-32/h6-9,14H,10-12,15-17H2,1-5H3,(H,29,33)/t25-/m1/s1. The van der Waals surface area contributed by atoms with E-state index in [-0.39, 0.29) is 22.7 Å². The molecule has 0 spiro atoms. The van der Waals surface area contributed by atoms with E-state index in [0.29, 0.717) is 24.3 Å². The summed E-state index contributed by atoms with van der Waals surface area (Å²) in [6.45, 7) is 12.8. The molecule has 1 saturated heterocycles. The van der Waals surface area contributed by atoms with E-state index in [0.717, 1.165) is 31.7 Å². The monoisotopic (exact) mass is 447 g/mol. The summed E-state index contributed by atoms with van der Waals surface area (Å²) in [5.74, 6) is 0.490. The molecule has 1 fully saturated rings. The Kier molecular flexibility index (Phi) is 6.12. The van der Waals surface area contributed by atoms with Crippen molar-refractivity contribution in [1.82, 2.24) is 25.2 Å². The van der Waals surface area contributed by atoms with Gasteiger partial charge in [-0.25, -0.2) is 4.98 Å². The molecule has 1 amide bonds. The Balaban J connectivity index is 1.87. The van der Waals surface area contributed by atoms with E-state index >= 15 is 0 Å². The molecule has 5 rings (SSSR count). The molecule has 0 radical (unpaired) electrons. The second-order valence-corrected chi connectivity index (χ2v) is 10.8. The second kappa shape index (κ2) is 8.73. The molecule has 3 aliphatic rings. The van der Waals surface area contributed by atoms with Gasteiger partial charge in [-0.05, 0) is 43.5 Å². The zero-order valence-corrected chi connectivity index (χ0v) is 20.2. The lowest BCUT2D eigenvalue weighted by molar-refractivity contribution is 0.0128. The zero-order chi connectivity index (χ0) is 23.8. The predicted octanol–water partition coefficient (Wildman–Crippen LogP) is 2.61. The Morgan fingerprint density at radius 3 is 2.61 bits per heavy atom. The summed E-state index contributed by atoms with van der Waals surface area (Å²) in [4.78, 5) is 26.9. The van der Waals surface area contributed by atoms with Gasteiger partial charge < -0.3 is 4.90 Å². The number of benzene rings is 1. The van der Waals surface area contributed by atoms with Crippen molar-refractivity contribution in [2.24, 2.45) is 5.41 Å². The van der Waals surface area contributed by atoms with Crippen molar-refractivity contribution in [3.8, 4) is 6.07 Å². The van der Waals surface area contributed by atoms with Gasteiger partial charge in [-0.2, -0.15) is 10.2 Å². The highest BCUT2D eigenvalue weighted by molar-refractivity contribution is 5.95. The number of nitrogens with one attached hydrogen (secondary N) is 1. The van der Waals surface area contributed by atoms with Crippen LogP contribution in [0, 0.1) is 16.7 Å². The fourth-order valence-corrected chi connectivity index (χ4v) is 4.79. The summed E-state index contributed by atoms with van der Waals surface area (Å²) < 4.78 is 0. The van der Waals surface area contributed by atoms with Crippen LogP contribution in [0.25, 0.3) is 0 Å². The van der Waals surface area contributed by atoms with E-state index < -0.39 is 0 Å². The molecule has 1 N–H and O–H groups in total. The third-order valence-corrected chi connectivity index (χ3v) is 6.35. The van der Waals surface area contributed by atoms with Crippen LogP contribution in [0.4, 0.5) is 5.82 Å². The van der Waals surface area contributed by atoms with Gasteiger partial charge in [-0.15, -0.1) is 0 Å². The minimum Gasteiger partial charge on any atom is -0.303 e. The number of amides is 1. The molecule has 0 unspecified atom stereocenters. The van der Waals surface area contributed by atoms with Crippen molar-refractivity contribution in [1.29, 1.82) is 5.26 Å². The highest BCUT2D eigenvalue weighted by Crippen LogP contribution is 2.31. The molecule has 8 nitrogen and oxygen atoms in total. The minimum atomic E-state index is -0.197. The van der Waals surface area contributed by atoms with Gasteiger partial charge in [0.2, 0.25) is 5.82 Å². The van der Waals surface area contributed by atoms with Crippen molar-refractivity contribution in [3.63, 3.8) is 0 Å². The van der Waals surface area contributed by atoms with Crippen LogP contribution < -0.4 is 10.4 Å². The largest absolute Gasteiger partial charge is 0.303 e. The van der Waals surface area contributed by atoms with Crippen molar-refractivity contribution < 1.29 is 4.79 Å². The number of rotatable bonds is 1. The van der Waals surface area contributed by atoms with Gasteiger partial charge in [0.05, 0.1) is 0 Å². The third kappa shape index (κ3) is 5.15. The molecule has 33 heavy (non-hydrogen) atoms. The van der Waals surface area contributed by atoms with Crippen LogP contribution in [0.5, 0.6) is 0 Å². The molecule has 1 aromatic heterocycles. The fraction of sp³-hybridized carbons (Fsp3) is 0.520. The average molecular weight is 448 g/mol. The van der Waals surface area contributed by atoms with E-state index in [1.807, 2.05) is 24.3 Å². The fourth-order valence-electron chi connectivity index (χ4n) is 4.79. The van der Waals surface area contributed by atoms with Gasteiger partial charge in [-0.1, -0.05) is 32.9 Å². The summed E-state index contributed by atoms with van der Waals surface area (Å²) in [5.41, 5.74) is 5.47. The lowest BCUT2D eigenvalue weighted by atomic mass is 9.88. The van der Waals surface area contributed by atoms with E-state index in [9.17, 15) is 10.1 Å². The summed E-state index contributed by atoms with van der Waals surface area (Å²) in [6, 6.07) is 9.90. The zero-order valence-electron chi connectivity index (χ0n) is 20.2. The van der Waals surface area contributed by atoms with Gasteiger partial charge in [0, 0.05) is 55.6 Å². The van der Waals surface area contributed by atoms with Gasteiger partial charge in [0.1, 0.15) is 6.07 Å². The molecule has 1 aromatic carbocycles. The number of carbonyl (C=O) groups excluding carboxylic acids is 1. The molecular weight excluding hydrogens is 414 g/mol. The first-order valence-corrected chi connectivity index (χ1v) is 11.4. The molecule has 2 bridgehead atoms. The van der Waals surface area contributed by atoms with Crippen LogP contribution in [-0.2, 0) is 13.0 Å². The van der Waals surface area contributed by atoms with Crippen molar-refractivity contribution in [3.05, 3.63) is 53.0 Å². The Hall–Kier alpha value is -3.02. The summed E-state index contributed by atoms with van der Waals surface area (Å²) in [6.07, 6.45) is 2.46. The first-order valence-electron chi connectivity index (χ1n) is 11.4. The number of likely N-dealkylation sites (N-methyl/N-ethyl adjacent to an activating group) is 1. The average Bonchev–Trinajstić information content (AvgIpc) is 2.75. The lowest BCUT2D eigenvalue weighted by Crippen LogP contribution is -2.60. The van der Waals surface area contributed by atoms with Crippen LogP contribution >= 0.6 is 0 Å². The maximum absolute atomic E-state index is 13.2. The molecule has 0 saturated carbocycles. The Labute approximate surface area is 196 Å². The van der Waals surface area contributed by atoms with Crippen LogP contribution in [0.3, 0.4) is 0 Å². The topological polar surface area (TPSA) is 88.4 Å². The van der Waals surface area contributed by atoms with Gasteiger partial charge in [-0.3, -0.25) is 20.1 Å². The summed E-state index contributed by atoms with van der Waals surface area (Å²) in [7, 11) is 2.15. The number of hydrazine groups is 1. The van der Waals surface area contributed by atoms with Crippen LogP contribution in [0.1, 0.15) is 55.0 Å². The molecule has 3 aliphatic heterocycles. The smallest absolute Gasteiger partial charge is 0.269 e. The number of hydrogen-bond donors (Lipinski definition) is 1. The van der Waals surface area contributed by atoms with Crippen molar-refractivity contribution in [2.45, 2.75) is 46.2 Å². The number of piperazine rings is 1. The lowest BCUT2D eigenvalue weighted by Gasteiger charge is -2.48. The molecule has 0 aliphatic carbocycles. The summed E-state index contributed by atoms with van der Waals surface area (Å²) in [5, 5.41) is 11.3. The summed E-state index contributed by atoms with van der Waals surface area (Å²) >= 11 is 0. The number of fused-ring (bicyclic) bond motifs is 4. The molecular formula is C25H33N7O. The van der Waals surface area contributed by atoms with Crippen LogP contribution in [0.2, 0.25) is 0 Å². The SMILES string of the molecule is CN1CCN2Cc3ccc(cc3)C(=O)NN(CC(C)(C)C)c3nc(C#N)ncc3C[C@]2(C)C1. The van der Waals surface area contributed by atoms with E-state index in [1.165, 1.54) is 5.56 Å². The Morgan fingerprint density at radius 2 is 1.94 bits per heavy atom. The molecule has 4 heterocycles. The number of nitrogens with zero attached hydrogens (tertiary/aromatic N) is 6. The molecule has 174 valence electrons. The molecule has 1 atom stereocenters. The van der Waals surface area contributed by atoms with Gasteiger partial charge >= 0.3 is 0 Å². The third-order valence-electron chi connectivity index (χ3n) is 6.35. The van der Waals surface area contributed by atoms with Crippen molar-refractivity contribution >= 4 is 11.7 Å². The van der Waals surface area contributed by atoms with Gasteiger partial charge in [0.15, 0.2) is 5.82 Å². The normalized spacial score (nSPS) is 22.3. The number of aromatic nitrogens is 2. The van der Waals surface area contributed by atoms with Crippen LogP contribution in [0.15, 0.2) is 30.5 Å². The minimum absolute atomic E-state index is 0.0953. The van der Waals surface area contributed by atoms with E-state index in [4.69, 9.17) is 0 Å². The van der Waals surface area contributed by atoms with E-state index in [1.54, 1.807) is 11.2 Å². The second-order valence-electron chi connectivity index (χ2n) is 10.8. The maximum Gasteiger partial charge on any atom is 0.269 e. The number of carbonyl (C=O) groups is 1. The highest BCUT2D eigenvalue weighted by Gasteiger charge is 2.38. The Bertz CT molecular complexity index is 1070. The number of anilines is 1. The first-order chi connectivity index (χ1) is 15.6. The number of nitriles is 1. The predicted molar refractivity (Wildman–Crippen MR) is 127 cm³/mol. The van der Waals surface area contributed by atoms with Gasteiger partial charge in [0.25, 0.3) is 5.91 Å². The van der Waals surface area contributed by atoms with Crippen molar-refractivity contribution in [2.75, 3.05) is 38.2 Å². The maximum atomic E-state index is 13.2. The Morgan fingerprint density at radius 1 is 1.21 bits per heavy atom. The van der Waals surface area contributed by atoms with Crippen LogP contribution in [-0.4, -0.2) is 64.4 Å². The molecule has 2 aromatic rings. The quantitative estimate of drug-likeness (QED) is 0.719.